The first kappa shape index (κ1) is 13.9. The summed E-state index contributed by atoms with van der Waals surface area (Å²) in [5.41, 5.74) is 1.49. The van der Waals surface area contributed by atoms with E-state index in [9.17, 15) is 10.1 Å². The van der Waals surface area contributed by atoms with E-state index in [2.05, 4.69) is 36.9 Å². The van der Waals surface area contributed by atoms with Crippen LogP contribution in [0.1, 0.15) is 5.56 Å². The average molecular weight is 384 g/mol. The zero-order chi connectivity index (χ0) is 13.8. The van der Waals surface area contributed by atoms with Crippen LogP contribution in [0.2, 0.25) is 0 Å². The molecule has 0 saturated carbocycles. The summed E-state index contributed by atoms with van der Waals surface area (Å²) in [6.45, 7) is 0. The van der Waals surface area contributed by atoms with Crippen LogP contribution in [-0.2, 0) is 0 Å². The molecule has 0 atom stereocenters. The fourth-order valence-corrected chi connectivity index (χ4v) is 2.08. The topological polar surface area (TPSA) is 55.5 Å². The van der Waals surface area contributed by atoms with Crippen molar-refractivity contribution < 1.29 is 4.92 Å². The highest BCUT2D eigenvalue weighted by Crippen LogP contribution is 2.25. The van der Waals surface area contributed by atoms with E-state index in [4.69, 9.17) is 0 Å². The van der Waals surface area contributed by atoms with Crippen molar-refractivity contribution in [2.45, 2.75) is 0 Å². The van der Waals surface area contributed by atoms with E-state index in [1.165, 1.54) is 6.07 Å². The molecule has 2 aromatic carbocycles. The fourth-order valence-electron chi connectivity index (χ4n) is 1.43. The maximum Gasteiger partial charge on any atom is 0.284 e. The summed E-state index contributed by atoms with van der Waals surface area (Å²) in [5, 5.41) is 10.8. The van der Waals surface area contributed by atoms with Crippen LogP contribution in [0.4, 0.5) is 11.4 Å². The minimum absolute atomic E-state index is 0.0276. The van der Waals surface area contributed by atoms with Crippen molar-refractivity contribution in [1.29, 1.82) is 0 Å². The van der Waals surface area contributed by atoms with Crippen LogP contribution in [0.5, 0.6) is 0 Å². The molecule has 0 heterocycles. The molecule has 2 rings (SSSR count). The lowest BCUT2D eigenvalue weighted by Gasteiger charge is -1.98. The third-order valence-electron chi connectivity index (χ3n) is 2.36. The van der Waals surface area contributed by atoms with Gasteiger partial charge in [-0.2, -0.15) is 0 Å². The third-order valence-corrected chi connectivity index (χ3v) is 3.56. The minimum Gasteiger partial charge on any atom is -0.258 e. The van der Waals surface area contributed by atoms with Gasteiger partial charge >= 0.3 is 0 Å². The van der Waals surface area contributed by atoms with Gasteiger partial charge in [0.25, 0.3) is 5.69 Å². The zero-order valence-electron chi connectivity index (χ0n) is 9.59. The van der Waals surface area contributed by atoms with E-state index >= 15 is 0 Å². The fraction of sp³-hybridized carbons (Fsp3) is 0. The number of nitro groups is 1. The molecule has 0 fully saturated rings. The number of benzene rings is 2. The highest BCUT2D eigenvalue weighted by molar-refractivity contribution is 9.10. The molecule has 19 heavy (non-hydrogen) atoms. The zero-order valence-corrected chi connectivity index (χ0v) is 12.8. The number of hydrogen-bond donors (Lipinski definition) is 0. The van der Waals surface area contributed by atoms with Gasteiger partial charge in [0.2, 0.25) is 0 Å². The molecular weight excluding hydrogens is 376 g/mol. The molecular formula is C13H8Br2N2O2. The van der Waals surface area contributed by atoms with Gasteiger partial charge in [-0.25, -0.2) is 0 Å². The maximum absolute atomic E-state index is 10.8. The van der Waals surface area contributed by atoms with Gasteiger partial charge in [-0.15, -0.1) is 0 Å². The summed E-state index contributed by atoms with van der Waals surface area (Å²) in [6.07, 6.45) is 1.60. The van der Waals surface area contributed by atoms with Crippen molar-refractivity contribution in [3.63, 3.8) is 0 Å². The quantitative estimate of drug-likeness (QED) is 0.431. The highest BCUT2D eigenvalue weighted by atomic mass is 79.9. The van der Waals surface area contributed by atoms with Crippen molar-refractivity contribution in [3.05, 3.63) is 67.1 Å². The number of nitrogens with zero attached hydrogens (tertiary/aromatic N) is 2. The van der Waals surface area contributed by atoms with Crippen LogP contribution in [0.25, 0.3) is 0 Å². The van der Waals surface area contributed by atoms with Crippen LogP contribution in [0.15, 0.2) is 56.4 Å². The molecule has 0 amide bonds. The first-order valence-corrected chi connectivity index (χ1v) is 6.88. The first-order valence-electron chi connectivity index (χ1n) is 5.30. The van der Waals surface area contributed by atoms with E-state index in [0.717, 1.165) is 10.2 Å². The van der Waals surface area contributed by atoms with Crippen LogP contribution in [-0.4, -0.2) is 11.1 Å². The van der Waals surface area contributed by atoms with Gasteiger partial charge in [-0.3, -0.25) is 15.1 Å². The number of halogens is 2. The highest BCUT2D eigenvalue weighted by Gasteiger charge is 2.11. The summed E-state index contributed by atoms with van der Waals surface area (Å²) in [5.74, 6) is 0. The predicted octanol–water partition coefficient (Wildman–Crippen LogP) is 4.87. The normalized spacial score (nSPS) is 10.8. The molecule has 6 heteroatoms. The van der Waals surface area contributed by atoms with Gasteiger partial charge in [0.15, 0.2) is 0 Å². The number of nitro benzene ring substituents is 1. The Hall–Kier alpha value is -1.53. The second kappa shape index (κ2) is 6.08. The summed E-state index contributed by atoms with van der Waals surface area (Å²) in [4.78, 5) is 14.6. The Morgan fingerprint density at radius 1 is 1.11 bits per heavy atom. The molecule has 4 nitrogen and oxygen atoms in total. The van der Waals surface area contributed by atoms with Crippen LogP contribution in [0.3, 0.4) is 0 Å². The van der Waals surface area contributed by atoms with Crippen molar-refractivity contribution in [3.8, 4) is 0 Å². The van der Waals surface area contributed by atoms with Crippen molar-refractivity contribution in [1.82, 2.24) is 0 Å². The van der Waals surface area contributed by atoms with Crippen LogP contribution in [0, 0.1) is 10.1 Å². The van der Waals surface area contributed by atoms with Gasteiger partial charge in [0, 0.05) is 16.8 Å². The molecule has 0 spiro atoms. The van der Waals surface area contributed by atoms with Gasteiger partial charge < -0.3 is 0 Å². The number of aliphatic imine (C=N–C) groups is 1. The van der Waals surface area contributed by atoms with Crippen LogP contribution < -0.4 is 0 Å². The Labute approximate surface area is 126 Å². The molecule has 0 aliphatic carbocycles. The van der Waals surface area contributed by atoms with Crippen molar-refractivity contribution in [2.75, 3.05) is 0 Å². The minimum atomic E-state index is -0.430. The Morgan fingerprint density at radius 3 is 2.42 bits per heavy atom. The second-order valence-electron chi connectivity index (χ2n) is 3.70. The monoisotopic (exact) mass is 382 g/mol. The molecule has 0 radical (unpaired) electrons. The van der Waals surface area contributed by atoms with Crippen molar-refractivity contribution in [2.24, 2.45) is 4.99 Å². The standard InChI is InChI=1S/C13H8Br2N2O2/c14-10-2-4-11(5-3-10)16-8-9-1-6-12(15)13(7-9)17(18)19/h1-8H. The Morgan fingerprint density at radius 2 is 1.79 bits per heavy atom. The lowest BCUT2D eigenvalue weighted by Crippen LogP contribution is -1.91. The number of rotatable bonds is 3. The van der Waals surface area contributed by atoms with Crippen molar-refractivity contribution >= 4 is 49.4 Å². The van der Waals surface area contributed by atoms with Gasteiger partial charge in [0.05, 0.1) is 15.1 Å². The second-order valence-corrected chi connectivity index (χ2v) is 5.47. The summed E-state index contributed by atoms with van der Waals surface area (Å²) in [7, 11) is 0. The van der Waals surface area contributed by atoms with E-state index in [-0.39, 0.29) is 5.69 Å². The summed E-state index contributed by atoms with van der Waals surface area (Å²) in [6, 6.07) is 12.4. The van der Waals surface area contributed by atoms with Crippen LogP contribution >= 0.6 is 31.9 Å². The summed E-state index contributed by atoms with van der Waals surface area (Å²) >= 11 is 6.49. The van der Waals surface area contributed by atoms with Gasteiger partial charge in [-0.1, -0.05) is 22.0 Å². The van der Waals surface area contributed by atoms with E-state index in [1.54, 1.807) is 18.3 Å². The first-order chi connectivity index (χ1) is 9.06. The predicted molar refractivity (Wildman–Crippen MR) is 82.2 cm³/mol. The third kappa shape index (κ3) is 3.71. The molecule has 0 aliphatic rings. The lowest BCUT2D eigenvalue weighted by molar-refractivity contribution is -0.385. The Bertz CT molecular complexity index is 640. The molecule has 96 valence electrons. The average Bonchev–Trinajstić information content (AvgIpc) is 2.39. The molecule has 0 bridgehead atoms. The van der Waals surface area contributed by atoms with Gasteiger partial charge in [0.1, 0.15) is 0 Å². The molecule has 0 aliphatic heterocycles. The smallest absolute Gasteiger partial charge is 0.258 e. The van der Waals surface area contributed by atoms with E-state index in [0.29, 0.717) is 10.0 Å². The summed E-state index contributed by atoms with van der Waals surface area (Å²) < 4.78 is 1.43. The Kier molecular flexibility index (Phi) is 4.44. The van der Waals surface area contributed by atoms with E-state index < -0.39 is 4.92 Å². The maximum atomic E-state index is 10.8. The molecule has 2 aromatic rings. The van der Waals surface area contributed by atoms with E-state index in [1.807, 2.05) is 24.3 Å². The molecule has 0 aromatic heterocycles. The van der Waals surface area contributed by atoms with Gasteiger partial charge in [-0.05, 0) is 51.8 Å². The number of hydrogen-bond acceptors (Lipinski definition) is 3. The molecule has 0 saturated heterocycles. The largest absolute Gasteiger partial charge is 0.284 e. The molecule has 0 unspecified atom stereocenters. The lowest BCUT2D eigenvalue weighted by atomic mass is 10.2. The molecule has 0 N–H and O–H groups in total. The SMILES string of the molecule is O=[N+]([O-])c1cc(C=Nc2ccc(Br)cc2)ccc1Br. The Balaban J connectivity index is 2.26.